The van der Waals surface area contributed by atoms with Gasteiger partial charge in [-0.3, -0.25) is 0 Å². The van der Waals surface area contributed by atoms with Gasteiger partial charge in [0.1, 0.15) is 5.69 Å². The minimum Gasteiger partial charge on any atom is -0.476 e. The van der Waals surface area contributed by atoms with Crippen LogP contribution >= 0.6 is 11.3 Å². The number of anilines is 1. The molecule has 0 atom stereocenters. The zero-order chi connectivity index (χ0) is 23.3. The van der Waals surface area contributed by atoms with Gasteiger partial charge in [-0.25, -0.2) is 14.6 Å². The average Bonchev–Trinajstić information content (AvgIpc) is 3.48. The lowest BCUT2D eigenvalue weighted by molar-refractivity contribution is -0.176. The van der Waals surface area contributed by atoms with Crippen LogP contribution in [0.5, 0.6) is 0 Å². The molecule has 1 fully saturated rings. The lowest BCUT2D eigenvalue weighted by atomic mass is 9.99. The van der Waals surface area contributed by atoms with Crippen LogP contribution in [0.3, 0.4) is 0 Å². The van der Waals surface area contributed by atoms with E-state index in [4.69, 9.17) is 15.3 Å². The summed E-state index contributed by atoms with van der Waals surface area (Å²) < 4.78 is 6.00. The Morgan fingerprint density at radius 2 is 1.61 bits per heavy atom. The molecule has 170 valence electrons. The Kier molecular flexibility index (Phi) is 6.69. The number of carboxylic acid groups (broad SMARTS) is 1. The molecule has 0 aliphatic heterocycles. The Morgan fingerprint density at radius 3 is 2.09 bits per heavy atom. The second kappa shape index (κ2) is 9.83. The number of carbonyl (C=O) groups excluding carboxylic acids is 1. The zero-order valence-corrected chi connectivity index (χ0v) is 18.5. The third-order valence-corrected chi connectivity index (χ3v) is 6.17. The van der Waals surface area contributed by atoms with E-state index >= 15 is 0 Å². The predicted octanol–water partition coefficient (Wildman–Crippen LogP) is 4.18. The van der Waals surface area contributed by atoms with E-state index in [1.807, 2.05) is 60.7 Å². The maximum atomic E-state index is 13.4. The zero-order valence-electron chi connectivity index (χ0n) is 17.7. The first-order valence-corrected chi connectivity index (χ1v) is 11.4. The van der Waals surface area contributed by atoms with E-state index in [9.17, 15) is 14.7 Å². The standard InChI is InChI=1S/C24H23N3O5S/c25-23-26-18(15-33-23)19(21(28)29)27-32-24(13-7-8-14-24)22(30)31-20(16-9-3-1-4-10-16)17-11-5-2-6-12-17/h1-6,9-12,15,20H,7-8,13-14H2,(H2,25,26)(H,28,29)/b27-19-. The van der Waals surface area contributed by atoms with E-state index in [0.29, 0.717) is 12.8 Å². The van der Waals surface area contributed by atoms with E-state index in [2.05, 4.69) is 10.1 Å². The lowest BCUT2D eigenvalue weighted by Gasteiger charge is -2.28. The van der Waals surface area contributed by atoms with Crippen LogP contribution in [0.15, 0.2) is 71.2 Å². The molecule has 1 aliphatic rings. The number of hydrogen-bond donors (Lipinski definition) is 2. The van der Waals surface area contributed by atoms with Crippen molar-refractivity contribution in [3.63, 3.8) is 0 Å². The van der Waals surface area contributed by atoms with Crippen LogP contribution in [0.1, 0.15) is 48.6 Å². The van der Waals surface area contributed by atoms with Crippen LogP contribution in [0.2, 0.25) is 0 Å². The molecular formula is C24H23N3O5S. The maximum absolute atomic E-state index is 13.4. The van der Waals surface area contributed by atoms with Gasteiger partial charge in [0.2, 0.25) is 11.3 Å². The number of hydrogen-bond acceptors (Lipinski definition) is 8. The third-order valence-electron chi connectivity index (χ3n) is 5.49. The smallest absolute Gasteiger partial charge is 0.360 e. The van der Waals surface area contributed by atoms with Crippen LogP contribution in [-0.2, 0) is 19.2 Å². The van der Waals surface area contributed by atoms with Gasteiger partial charge in [-0.15, -0.1) is 11.3 Å². The first-order valence-electron chi connectivity index (χ1n) is 10.5. The summed E-state index contributed by atoms with van der Waals surface area (Å²) in [6.45, 7) is 0. The lowest BCUT2D eigenvalue weighted by Crippen LogP contribution is -2.40. The van der Waals surface area contributed by atoms with E-state index in [1.165, 1.54) is 5.38 Å². The summed E-state index contributed by atoms with van der Waals surface area (Å²) in [5.41, 5.74) is 5.55. The minimum atomic E-state index is -1.37. The van der Waals surface area contributed by atoms with Crippen molar-refractivity contribution in [3.8, 4) is 0 Å². The fourth-order valence-corrected chi connectivity index (χ4v) is 4.35. The summed E-state index contributed by atoms with van der Waals surface area (Å²) >= 11 is 1.09. The van der Waals surface area contributed by atoms with Crippen molar-refractivity contribution in [1.82, 2.24) is 4.98 Å². The molecule has 1 aromatic heterocycles. The summed E-state index contributed by atoms with van der Waals surface area (Å²) in [7, 11) is 0. The number of aliphatic carboxylic acids is 1. The molecule has 0 bridgehead atoms. The van der Waals surface area contributed by atoms with Crippen molar-refractivity contribution in [2.45, 2.75) is 37.4 Å². The van der Waals surface area contributed by atoms with Crippen molar-refractivity contribution >= 4 is 34.1 Å². The van der Waals surface area contributed by atoms with Crippen LogP contribution < -0.4 is 5.73 Å². The predicted molar refractivity (Wildman–Crippen MR) is 124 cm³/mol. The topological polar surface area (TPSA) is 124 Å². The summed E-state index contributed by atoms with van der Waals surface area (Å²) in [6, 6.07) is 18.9. The quantitative estimate of drug-likeness (QED) is 0.290. The van der Waals surface area contributed by atoms with Crippen LogP contribution in [0, 0.1) is 0 Å². The highest BCUT2D eigenvalue weighted by atomic mass is 32.1. The van der Waals surface area contributed by atoms with Gasteiger partial charge in [-0.05, 0) is 24.0 Å². The molecule has 0 amide bonds. The molecule has 1 saturated carbocycles. The van der Waals surface area contributed by atoms with Gasteiger partial charge in [0.05, 0.1) is 0 Å². The number of thiazole rings is 1. The molecule has 0 spiro atoms. The normalized spacial score (nSPS) is 15.4. The number of nitrogen functional groups attached to an aromatic ring is 1. The summed E-state index contributed by atoms with van der Waals surface area (Å²) in [5, 5.41) is 15.1. The minimum absolute atomic E-state index is 0.0814. The number of aromatic nitrogens is 1. The van der Waals surface area contributed by atoms with Crippen molar-refractivity contribution < 1.29 is 24.3 Å². The SMILES string of the molecule is Nc1nc(/C(=N/OC2(C(=O)OC(c3ccccc3)c3ccccc3)CCCC2)C(=O)O)cs1. The number of oxime groups is 1. The summed E-state index contributed by atoms with van der Waals surface area (Å²) in [5.74, 6) is -1.91. The molecule has 0 radical (unpaired) electrons. The van der Waals surface area contributed by atoms with Crippen molar-refractivity contribution in [2.24, 2.45) is 5.16 Å². The molecule has 1 heterocycles. The molecule has 3 aromatic rings. The molecular weight excluding hydrogens is 442 g/mol. The average molecular weight is 466 g/mol. The van der Waals surface area contributed by atoms with E-state index < -0.39 is 29.4 Å². The van der Waals surface area contributed by atoms with Gasteiger partial charge < -0.3 is 20.4 Å². The maximum Gasteiger partial charge on any atom is 0.360 e. The second-order valence-electron chi connectivity index (χ2n) is 7.72. The number of esters is 1. The van der Waals surface area contributed by atoms with Crippen LogP contribution in [0.25, 0.3) is 0 Å². The van der Waals surface area contributed by atoms with Gasteiger partial charge in [-0.2, -0.15) is 0 Å². The van der Waals surface area contributed by atoms with E-state index in [0.717, 1.165) is 35.3 Å². The Labute approximate surface area is 194 Å². The number of carboxylic acids is 1. The molecule has 8 nitrogen and oxygen atoms in total. The van der Waals surface area contributed by atoms with Crippen molar-refractivity contribution in [1.29, 1.82) is 0 Å². The number of ether oxygens (including phenoxy) is 1. The summed E-state index contributed by atoms with van der Waals surface area (Å²) in [6.07, 6.45) is 1.58. The number of benzene rings is 2. The molecule has 4 rings (SSSR count). The first-order chi connectivity index (χ1) is 16.0. The molecule has 0 saturated heterocycles. The largest absolute Gasteiger partial charge is 0.476 e. The molecule has 3 N–H and O–H groups in total. The van der Waals surface area contributed by atoms with Crippen LogP contribution in [0.4, 0.5) is 5.13 Å². The number of nitrogens with zero attached hydrogens (tertiary/aromatic N) is 2. The highest BCUT2D eigenvalue weighted by molar-refractivity contribution is 7.13. The van der Waals surface area contributed by atoms with Gasteiger partial charge in [-0.1, -0.05) is 65.8 Å². The van der Waals surface area contributed by atoms with Gasteiger partial charge >= 0.3 is 11.9 Å². The monoisotopic (exact) mass is 465 g/mol. The fraction of sp³-hybridized carbons (Fsp3) is 0.250. The van der Waals surface area contributed by atoms with Crippen LogP contribution in [-0.4, -0.2) is 33.3 Å². The second-order valence-corrected chi connectivity index (χ2v) is 8.61. The molecule has 1 aliphatic carbocycles. The van der Waals surface area contributed by atoms with Gasteiger partial charge in [0, 0.05) is 18.2 Å². The highest BCUT2D eigenvalue weighted by Gasteiger charge is 2.47. The Morgan fingerprint density at radius 1 is 1.03 bits per heavy atom. The molecule has 2 aromatic carbocycles. The van der Waals surface area contributed by atoms with Crippen molar-refractivity contribution in [3.05, 3.63) is 82.9 Å². The number of carbonyl (C=O) groups is 2. The Bertz CT molecular complexity index is 1100. The van der Waals surface area contributed by atoms with E-state index in [1.54, 1.807) is 0 Å². The number of rotatable bonds is 8. The Balaban J connectivity index is 1.62. The van der Waals surface area contributed by atoms with Gasteiger partial charge in [0.15, 0.2) is 11.2 Å². The molecule has 0 unspecified atom stereocenters. The van der Waals surface area contributed by atoms with E-state index in [-0.39, 0.29) is 10.8 Å². The number of nitrogens with two attached hydrogens (primary N) is 1. The Hall–Kier alpha value is -3.72. The fourth-order valence-electron chi connectivity index (χ4n) is 3.80. The molecule has 33 heavy (non-hydrogen) atoms. The third kappa shape index (κ3) is 5.04. The highest BCUT2D eigenvalue weighted by Crippen LogP contribution is 2.37. The van der Waals surface area contributed by atoms with Gasteiger partial charge in [0.25, 0.3) is 0 Å². The van der Waals surface area contributed by atoms with Crippen molar-refractivity contribution in [2.75, 3.05) is 5.73 Å². The molecule has 9 heteroatoms. The summed E-state index contributed by atoms with van der Waals surface area (Å²) in [4.78, 5) is 34.8. The first kappa shape index (κ1) is 22.5.